The van der Waals surface area contributed by atoms with Crippen LogP contribution in [0.4, 0.5) is 0 Å². The largest absolute Gasteiger partial charge is 0.493 e. The first kappa shape index (κ1) is 16.1. The predicted molar refractivity (Wildman–Crippen MR) is 86.2 cm³/mol. The lowest BCUT2D eigenvalue weighted by Gasteiger charge is -2.26. The molecule has 4 nitrogen and oxygen atoms in total. The van der Waals surface area contributed by atoms with Crippen LogP contribution in [0.25, 0.3) is 0 Å². The molecular weight excluding hydrogens is 264 g/mol. The molecule has 1 heterocycles. The van der Waals surface area contributed by atoms with Crippen molar-refractivity contribution in [3.05, 3.63) is 23.8 Å². The molecule has 0 aromatic heterocycles. The van der Waals surface area contributed by atoms with Crippen molar-refractivity contribution in [3.63, 3.8) is 0 Å². The molecule has 2 rings (SSSR count). The summed E-state index contributed by atoms with van der Waals surface area (Å²) in [6.07, 6.45) is 5.35. The van der Waals surface area contributed by atoms with E-state index in [9.17, 15) is 0 Å². The number of likely N-dealkylation sites (tertiary alicyclic amines) is 1. The van der Waals surface area contributed by atoms with Crippen molar-refractivity contribution in [1.29, 1.82) is 0 Å². The topological polar surface area (TPSA) is 33.7 Å². The number of methoxy groups -OCH3 is 2. The SMILES string of the molecule is COc1cccc(CNCCCN2CCCCC2)c1OC. The average Bonchev–Trinajstić information content (AvgIpc) is 2.55. The summed E-state index contributed by atoms with van der Waals surface area (Å²) in [5.74, 6) is 1.63. The van der Waals surface area contributed by atoms with Gasteiger partial charge in [-0.05, 0) is 51.5 Å². The average molecular weight is 292 g/mol. The Labute approximate surface area is 128 Å². The van der Waals surface area contributed by atoms with Gasteiger partial charge in [-0.25, -0.2) is 0 Å². The Morgan fingerprint density at radius 1 is 1.10 bits per heavy atom. The monoisotopic (exact) mass is 292 g/mol. The van der Waals surface area contributed by atoms with Gasteiger partial charge in [0.2, 0.25) is 0 Å². The summed E-state index contributed by atoms with van der Waals surface area (Å²) in [7, 11) is 3.37. The second-order valence-corrected chi connectivity index (χ2v) is 5.59. The van der Waals surface area contributed by atoms with Gasteiger partial charge in [-0.15, -0.1) is 0 Å². The third kappa shape index (κ3) is 4.90. The van der Waals surface area contributed by atoms with E-state index in [-0.39, 0.29) is 0 Å². The van der Waals surface area contributed by atoms with Crippen molar-refractivity contribution in [1.82, 2.24) is 10.2 Å². The van der Waals surface area contributed by atoms with Crippen LogP contribution in [-0.4, -0.2) is 45.3 Å². The van der Waals surface area contributed by atoms with E-state index in [2.05, 4.69) is 16.3 Å². The van der Waals surface area contributed by atoms with Crippen molar-refractivity contribution < 1.29 is 9.47 Å². The van der Waals surface area contributed by atoms with Crippen LogP contribution in [0.3, 0.4) is 0 Å². The fraction of sp³-hybridized carbons (Fsp3) is 0.647. The van der Waals surface area contributed by atoms with Gasteiger partial charge in [-0.2, -0.15) is 0 Å². The fourth-order valence-electron chi connectivity index (χ4n) is 2.93. The molecule has 21 heavy (non-hydrogen) atoms. The minimum atomic E-state index is 0.796. The van der Waals surface area contributed by atoms with Crippen LogP contribution in [0.15, 0.2) is 18.2 Å². The molecular formula is C17H28N2O2. The Morgan fingerprint density at radius 2 is 1.90 bits per heavy atom. The molecule has 0 radical (unpaired) electrons. The quantitative estimate of drug-likeness (QED) is 0.747. The van der Waals surface area contributed by atoms with Crippen LogP contribution in [-0.2, 0) is 6.54 Å². The van der Waals surface area contributed by atoms with Gasteiger partial charge in [0.15, 0.2) is 11.5 Å². The molecule has 1 saturated heterocycles. The third-order valence-electron chi connectivity index (χ3n) is 4.08. The number of para-hydroxylation sites is 1. The van der Waals surface area contributed by atoms with Gasteiger partial charge in [0, 0.05) is 12.1 Å². The van der Waals surface area contributed by atoms with Gasteiger partial charge in [0.1, 0.15) is 0 Å². The van der Waals surface area contributed by atoms with E-state index in [1.807, 2.05) is 12.1 Å². The smallest absolute Gasteiger partial charge is 0.165 e. The molecule has 1 fully saturated rings. The van der Waals surface area contributed by atoms with E-state index in [0.717, 1.165) is 30.2 Å². The van der Waals surface area contributed by atoms with Gasteiger partial charge in [0.25, 0.3) is 0 Å². The molecule has 118 valence electrons. The maximum atomic E-state index is 5.45. The van der Waals surface area contributed by atoms with Crippen LogP contribution >= 0.6 is 0 Å². The number of ether oxygens (including phenoxy) is 2. The molecule has 0 bridgehead atoms. The molecule has 0 atom stereocenters. The molecule has 0 spiro atoms. The van der Waals surface area contributed by atoms with Crippen molar-refractivity contribution >= 4 is 0 Å². The van der Waals surface area contributed by atoms with Crippen LogP contribution < -0.4 is 14.8 Å². The summed E-state index contributed by atoms with van der Waals surface area (Å²) < 4.78 is 10.8. The molecule has 1 aromatic rings. The summed E-state index contributed by atoms with van der Waals surface area (Å²) >= 11 is 0. The Kier molecular flexibility index (Phi) is 6.83. The van der Waals surface area contributed by atoms with Gasteiger partial charge >= 0.3 is 0 Å². The lowest BCUT2D eigenvalue weighted by Crippen LogP contribution is -2.32. The van der Waals surface area contributed by atoms with Gasteiger partial charge in [-0.1, -0.05) is 18.6 Å². The van der Waals surface area contributed by atoms with E-state index in [1.54, 1.807) is 14.2 Å². The summed E-state index contributed by atoms with van der Waals surface area (Å²) in [4.78, 5) is 2.58. The minimum Gasteiger partial charge on any atom is -0.493 e. The van der Waals surface area contributed by atoms with Crippen molar-refractivity contribution in [3.8, 4) is 11.5 Å². The molecule has 1 aliphatic heterocycles. The molecule has 0 saturated carbocycles. The lowest BCUT2D eigenvalue weighted by atomic mass is 10.1. The zero-order valence-electron chi connectivity index (χ0n) is 13.4. The molecule has 0 amide bonds. The van der Waals surface area contributed by atoms with Crippen LogP contribution in [0.2, 0.25) is 0 Å². The number of nitrogens with zero attached hydrogens (tertiary/aromatic N) is 1. The molecule has 1 N–H and O–H groups in total. The van der Waals surface area contributed by atoms with Crippen LogP contribution in [0.1, 0.15) is 31.2 Å². The molecule has 1 aliphatic rings. The van der Waals surface area contributed by atoms with E-state index in [1.165, 1.54) is 45.3 Å². The van der Waals surface area contributed by atoms with Gasteiger partial charge < -0.3 is 19.7 Å². The highest BCUT2D eigenvalue weighted by Gasteiger charge is 2.10. The number of rotatable bonds is 8. The van der Waals surface area contributed by atoms with Crippen molar-refractivity contribution in [2.24, 2.45) is 0 Å². The first-order valence-corrected chi connectivity index (χ1v) is 7.98. The Bertz CT molecular complexity index is 417. The molecule has 4 heteroatoms. The fourth-order valence-corrected chi connectivity index (χ4v) is 2.93. The van der Waals surface area contributed by atoms with E-state index in [0.29, 0.717) is 0 Å². The maximum absolute atomic E-state index is 5.45. The highest BCUT2D eigenvalue weighted by Crippen LogP contribution is 2.30. The number of piperidine rings is 1. The Hall–Kier alpha value is -1.26. The number of nitrogens with one attached hydrogen (secondary N) is 1. The van der Waals surface area contributed by atoms with Gasteiger partial charge in [0.05, 0.1) is 14.2 Å². The second kappa shape index (κ2) is 8.90. The van der Waals surface area contributed by atoms with Crippen LogP contribution in [0, 0.1) is 0 Å². The highest BCUT2D eigenvalue weighted by molar-refractivity contribution is 5.46. The number of hydrogen-bond donors (Lipinski definition) is 1. The van der Waals surface area contributed by atoms with E-state index in [4.69, 9.17) is 9.47 Å². The third-order valence-corrected chi connectivity index (χ3v) is 4.08. The first-order chi connectivity index (χ1) is 10.3. The highest BCUT2D eigenvalue weighted by atomic mass is 16.5. The predicted octanol–water partition coefficient (Wildman–Crippen LogP) is 2.67. The minimum absolute atomic E-state index is 0.796. The second-order valence-electron chi connectivity index (χ2n) is 5.59. The molecule has 1 aromatic carbocycles. The maximum Gasteiger partial charge on any atom is 0.165 e. The van der Waals surface area contributed by atoms with Crippen molar-refractivity contribution in [2.45, 2.75) is 32.2 Å². The zero-order valence-corrected chi connectivity index (χ0v) is 13.4. The van der Waals surface area contributed by atoms with Crippen LogP contribution in [0.5, 0.6) is 11.5 Å². The lowest BCUT2D eigenvalue weighted by molar-refractivity contribution is 0.225. The van der Waals surface area contributed by atoms with Crippen molar-refractivity contribution in [2.75, 3.05) is 40.4 Å². The van der Waals surface area contributed by atoms with Gasteiger partial charge in [-0.3, -0.25) is 0 Å². The normalized spacial score (nSPS) is 15.9. The summed E-state index contributed by atoms with van der Waals surface area (Å²) in [5.41, 5.74) is 1.15. The summed E-state index contributed by atoms with van der Waals surface area (Å²) in [5, 5.41) is 3.51. The number of benzene rings is 1. The zero-order chi connectivity index (χ0) is 14.9. The van der Waals surface area contributed by atoms with E-state index < -0.39 is 0 Å². The Morgan fingerprint density at radius 3 is 2.62 bits per heavy atom. The summed E-state index contributed by atoms with van der Waals surface area (Å²) in [6.45, 7) is 5.63. The van der Waals surface area contributed by atoms with E-state index >= 15 is 0 Å². The first-order valence-electron chi connectivity index (χ1n) is 7.98. The molecule has 0 unspecified atom stereocenters. The Balaban J connectivity index is 1.70. The number of hydrogen-bond acceptors (Lipinski definition) is 4. The molecule has 0 aliphatic carbocycles. The standard InChI is InChI=1S/C17H28N2O2/c1-20-16-9-6-8-15(17(16)21-2)14-18-10-7-13-19-11-4-3-5-12-19/h6,8-9,18H,3-5,7,10-14H2,1-2H3. The summed E-state index contributed by atoms with van der Waals surface area (Å²) in [6, 6.07) is 6.02.